The van der Waals surface area contributed by atoms with Gasteiger partial charge in [-0.15, -0.1) is 0 Å². The van der Waals surface area contributed by atoms with Gasteiger partial charge in [-0.25, -0.2) is 0 Å². The first-order valence-corrected chi connectivity index (χ1v) is 5.39. The smallest absolute Gasteiger partial charge is 0.320 e. The average molecular weight is 199 g/mol. The van der Waals surface area contributed by atoms with Crippen LogP contribution in [-0.2, 0) is 4.79 Å². The number of rotatable bonds is 3. The Labute approximate surface area is 85.7 Å². The second-order valence-electron chi connectivity index (χ2n) is 5.31. The van der Waals surface area contributed by atoms with E-state index in [4.69, 9.17) is 10.8 Å². The first kappa shape index (κ1) is 11.5. The molecule has 82 valence electrons. The van der Waals surface area contributed by atoms with Crippen LogP contribution in [0, 0.1) is 11.3 Å². The molecular weight excluding hydrogens is 178 g/mol. The summed E-state index contributed by atoms with van der Waals surface area (Å²) < 4.78 is 0. The summed E-state index contributed by atoms with van der Waals surface area (Å²) in [6.07, 6.45) is 5.37. The zero-order valence-corrected chi connectivity index (χ0v) is 9.12. The summed E-state index contributed by atoms with van der Waals surface area (Å²) in [6, 6.07) is -0.672. The van der Waals surface area contributed by atoms with Crippen LogP contribution < -0.4 is 5.73 Å². The summed E-state index contributed by atoms with van der Waals surface area (Å²) in [6.45, 7) is 4.51. The Morgan fingerprint density at radius 2 is 2.29 bits per heavy atom. The lowest BCUT2D eigenvalue weighted by molar-refractivity contribution is -0.139. The number of aliphatic carboxylic acids is 1. The molecule has 0 radical (unpaired) electrons. The van der Waals surface area contributed by atoms with Crippen molar-refractivity contribution in [1.82, 2.24) is 0 Å². The van der Waals surface area contributed by atoms with Crippen molar-refractivity contribution in [1.29, 1.82) is 0 Å². The van der Waals surface area contributed by atoms with E-state index in [2.05, 4.69) is 13.8 Å². The van der Waals surface area contributed by atoms with Crippen molar-refractivity contribution in [2.75, 3.05) is 0 Å². The van der Waals surface area contributed by atoms with Gasteiger partial charge in [0.05, 0.1) is 0 Å². The molecule has 1 aliphatic rings. The maximum Gasteiger partial charge on any atom is 0.320 e. The molecule has 1 saturated carbocycles. The van der Waals surface area contributed by atoms with E-state index in [-0.39, 0.29) is 0 Å². The minimum absolute atomic E-state index is 0.376. The molecular formula is C11H21NO2. The van der Waals surface area contributed by atoms with Crippen LogP contribution in [0.3, 0.4) is 0 Å². The third-order valence-electron chi connectivity index (χ3n) is 3.21. The molecule has 0 aliphatic heterocycles. The standard InChI is InChI=1S/C11H21NO2/c1-11(2)5-3-4-8(7-11)6-9(12)10(13)14/h8-9H,3-7,12H2,1-2H3,(H,13,14)/t8?,9-/m0/s1. The summed E-state index contributed by atoms with van der Waals surface area (Å²) in [4.78, 5) is 10.6. The Hall–Kier alpha value is -0.570. The zero-order chi connectivity index (χ0) is 10.8. The highest BCUT2D eigenvalue weighted by Crippen LogP contribution is 2.40. The summed E-state index contributed by atoms with van der Waals surface area (Å²) in [5, 5.41) is 8.72. The van der Waals surface area contributed by atoms with Crippen LogP contribution in [0.4, 0.5) is 0 Å². The van der Waals surface area contributed by atoms with Gasteiger partial charge in [-0.3, -0.25) is 4.79 Å². The Bertz CT molecular complexity index is 213. The van der Waals surface area contributed by atoms with Crippen LogP contribution in [0.25, 0.3) is 0 Å². The molecule has 3 N–H and O–H groups in total. The Morgan fingerprint density at radius 1 is 1.64 bits per heavy atom. The molecule has 3 heteroatoms. The van der Waals surface area contributed by atoms with E-state index in [9.17, 15) is 4.79 Å². The van der Waals surface area contributed by atoms with Gasteiger partial charge in [-0.2, -0.15) is 0 Å². The molecule has 0 spiro atoms. The van der Waals surface area contributed by atoms with Gasteiger partial charge in [0.1, 0.15) is 6.04 Å². The Kier molecular flexibility index (Phi) is 3.53. The van der Waals surface area contributed by atoms with E-state index >= 15 is 0 Å². The first-order valence-electron chi connectivity index (χ1n) is 5.39. The predicted octanol–water partition coefficient (Wildman–Crippen LogP) is 2.00. The number of hydrogen-bond donors (Lipinski definition) is 2. The molecule has 0 heterocycles. The van der Waals surface area contributed by atoms with Gasteiger partial charge in [-0.1, -0.05) is 26.7 Å². The van der Waals surface area contributed by atoms with E-state index in [0.29, 0.717) is 17.8 Å². The number of carbonyl (C=O) groups is 1. The monoisotopic (exact) mass is 199 g/mol. The van der Waals surface area contributed by atoms with E-state index in [0.717, 1.165) is 12.8 Å². The van der Waals surface area contributed by atoms with Crippen molar-refractivity contribution in [3.63, 3.8) is 0 Å². The summed E-state index contributed by atoms with van der Waals surface area (Å²) in [5.41, 5.74) is 5.91. The van der Waals surface area contributed by atoms with Gasteiger partial charge in [0, 0.05) is 0 Å². The van der Waals surface area contributed by atoms with Crippen molar-refractivity contribution in [3.05, 3.63) is 0 Å². The van der Waals surface area contributed by atoms with Gasteiger partial charge in [0.25, 0.3) is 0 Å². The maximum absolute atomic E-state index is 10.6. The van der Waals surface area contributed by atoms with Crippen molar-refractivity contribution in [2.24, 2.45) is 17.1 Å². The molecule has 1 unspecified atom stereocenters. The third kappa shape index (κ3) is 3.29. The molecule has 1 rings (SSSR count). The molecule has 1 fully saturated rings. The van der Waals surface area contributed by atoms with Crippen LogP contribution >= 0.6 is 0 Å². The molecule has 0 saturated heterocycles. The predicted molar refractivity (Wildman–Crippen MR) is 56.0 cm³/mol. The second kappa shape index (κ2) is 4.30. The highest BCUT2D eigenvalue weighted by molar-refractivity contribution is 5.73. The van der Waals surface area contributed by atoms with Crippen LogP contribution in [0.15, 0.2) is 0 Å². The Balaban J connectivity index is 2.42. The lowest BCUT2D eigenvalue weighted by Crippen LogP contribution is -2.34. The lowest BCUT2D eigenvalue weighted by Gasteiger charge is -2.35. The normalized spacial score (nSPS) is 28.4. The fourth-order valence-corrected chi connectivity index (χ4v) is 2.52. The summed E-state index contributed by atoms with van der Waals surface area (Å²) >= 11 is 0. The number of carboxylic acids is 1. The van der Waals surface area contributed by atoms with E-state index < -0.39 is 12.0 Å². The fraction of sp³-hybridized carbons (Fsp3) is 0.909. The number of hydrogen-bond acceptors (Lipinski definition) is 2. The molecule has 2 atom stereocenters. The third-order valence-corrected chi connectivity index (χ3v) is 3.21. The minimum atomic E-state index is -0.867. The fourth-order valence-electron chi connectivity index (χ4n) is 2.52. The molecule has 1 aliphatic carbocycles. The molecule has 0 aromatic carbocycles. The molecule has 0 aromatic rings. The highest BCUT2D eigenvalue weighted by Gasteiger charge is 2.29. The lowest BCUT2D eigenvalue weighted by atomic mass is 9.70. The average Bonchev–Trinajstić information content (AvgIpc) is 2.01. The maximum atomic E-state index is 10.6. The van der Waals surface area contributed by atoms with E-state index in [1.165, 1.54) is 12.8 Å². The first-order chi connectivity index (χ1) is 6.41. The van der Waals surface area contributed by atoms with Crippen LogP contribution in [0.5, 0.6) is 0 Å². The summed E-state index contributed by atoms with van der Waals surface area (Å²) in [5.74, 6) is -0.363. The summed E-state index contributed by atoms with van der Waals surface area (Å²) in [7, 11) is 0. The van der Waals surface area contributed by atoms with Gasteiger partial charge in [0.2, 0.25) is 0 Å². The number of nitrogens with two attached hydrogens (primary N) is 1. The van der Waals surface area contributed by atoms with Gasteiger partial charge >= 0.3 is 5.97 Å². The zero-order valence-electron chi connectivity index (χ0n) is 9.12. The van der Waals surface area contributed by atoms with Crippen molar-refractivity contribution >= 4 is 5.97 Å². The topological polar surface area (TPSA) is 63.3 Å². The molecule has 0 bridgehead atoms. The van der Waals surface area contributed by atoms with E-state index in [1.807, 2.05) is 0 Å². The second-order valence-corrected chi connectivity index (χ2v) is 5.31. The molecule has 3 nitrogen and oxygen atoms in total. The molecule has 0 aromatic heterocycles. The molecule has 0 amide bonds. The number of carboxylic acid groups (broad SMARTS) is 1. The minimum Gasteiger partial charge on any atom is -0.480 e. The SMILES string of the molecule is CC1(C)CCCC(C[C@H](N)C(=O)O)C1. The van der Waals surface area contributed by atoms with Crippen molar-refractivity contribution < 1.29 is 9.90 Å². The Morgan fingerprint density at radius 3 is 2.79 bits per heavy atom. The van der Waals surface area contributed by atoms with Crippen molar-refractivity contribution in [3.8, 4) is 0 Å². The highest BCUT2D eigenvalue weighted by atomic mass is 16.4. The quantitative estimate of drug-likeness (QED) is 0.730. The molecule has 14 heavy (non-hydrogen) atoms. The van der Waals surface area contributed by atoms with Gasteiger partial charge < -0.3 is 10.8 Å². The van der Waals surface area contributed by atoms with Gasteiger partial charge in [-0.05, 0) is 30.6 Å². The van der Waals surface area contributed by atoms with Crippen LogP contribution in [0.2, 0.25) is 0 Å². The van der Waals surface area contributed by atoms with Crippen LogP contribution in [0.1, 0.15) is 46.0 Å². The van der Waals surface area contributed by atoms with Crippen molar-refractivity contribution in [2.45, 2.75) is 52.0 Å². The van der Waals surface area contributed by atoms with Gasteiger partial charge in [0.15, 0.2) is 0 Å². The van der Waals surface area contributed by atoms with Crippen LogP contribution in [-0.4, -0.2) is 17.1 Å². The van der Waals surface area contributed by atoms with E-state index in [1.54, 1.807) is 0 Å². The largest absolute Gasteiger partial charge is 0.480 e.